The van der Waals surface area contributed by atoms with E-state index in [1.54, 1.807) is 0 Å². The van der Waals surface area contributed by atoms with E-state index >= 15 is 0 Å². The number of amides is 1. The van der Waals surface area contributed by atoms with Gasteiger partial charge in [0.15, 0.2) is 8.32 Å². The molecule has 2 atom stereocenters. The zero-order valence-corrected chi connectivity index (χ0v) is 35.5. The molecule has 278 valence electrons. The maximum absolute atomic E-state index is 13.4. The first kappa shape index (κ1) is 39.7. The molecule has 0 aromatic heterocycles. The Kier molecular flexibility index (Phi) is 11.8. The van der Waals surface area contributed by atoms with Gasteiger partial charge in [-0.1, -0.05) is 151 Å². The second-order valence-electron chi connectivity index (χ2n) is 18.1. The summed E-state index contributed by atoms with van der Waals surface area (Å²) in [4.78, 5) is 15.3. The molecule has 5 rings (SSSR count). The molecule has 52 heavy (non-hydrogen) atoms. The summed E-state index contributed by atoms with van der Waals surface area (Å²) in [6, 6.07) is 39.2. The largest absolute Gasteiger partial charge is 0.444 e. The van der Waals surface area contributed by atoms with Gasteiger partial charge in [-0.05, 0) is 89.4 Å². The molecule has 0 bridgehead atoms. The van der Waals surface area contributed by atoms with Gasteiger partial charge in [-0.2, -0.15) is 0 Å². The van der Waals surface area contributed by atoms with Crippen molar-refractivity contribution in [3.63, 3.8) is 0 Å². The minimum absolute atomic E-state index is 0.0109. The average Bonchev–Trinajstić information content (AvgIpc) is 3.46. The number of nitrogens with zero attached hydrogens (tertiary/aromatic N) is 1. The summed E-state index contributed by atoms with van der Waals surface area (Å²) >= 11 is 0. The molecule has 1 aliphatic rings. The van der Waals surface area contributed by atoms with Crippen LogP contribution in [0.15, 0.2) is 109 Å². The number of ether oxygens (including phenoxy) is 1. The lowest BCUT2D eigenvalue weighted by atomic mass is 9.99. The van der Waals surface area contributed by atoms with Crippen molar-refractivity contribution in [1.29, 1.82) is 0 Å². The second kappa shape index (κ2) is 15.5. The summed E-state index contributed by atoms with van der Waals surface area (Å²) in [6.07, 6.45) is 1.33. The average molecular weight is 736 g/mol. The van der Waals surface area contributed by atoms with E-state index in [1.807, 2.05) is 25.7 Å². The lowest BCUT2D eigenvalue weighted by Gasteiger charge is -2.43. The number of hydrogen-bond acceptors (Lipinski definition) is 4. The summed E-state index contributed by atoms with van der Waals surface area (Å²) < 4.78 is 19.8. The molecule has 1 saturated heterocycles. The monoisotopic (exact) mass is 735 g/mol. The molecular formula is C45H61NO4Si2. The number of carbonyl (C=O) groups is 1. The topological polar surface area (TPSA) is 48.0 Å². The molecule has 1 heterocycles. The van der Waals surface area contributed by atoms with Crippen molar-refractivity contribution in [3.05, 3.63) is 120 Å². The second-order valence-corrected chi connectivity index (χ2v) is 27.1. The van der Waals surface area contributed by atoms with Gasteiger partial charge in [0.25, 0.3) is 8.32 Å². The summed E-state index contributed by atoms with van der Waals surface area (Å²) in [5, 5.41) is 2.61. The van der Waals surface area contributed by atoms with Crippen LogP contribution in [0.25, 0.3) is 11.1 Å². The van der Waals surface area contributed by atoms with Gasteiger partial charge >= 0.3 is 6.09 Å². The Bertz CT molecular complexity index is 1710. The smallest absolute Gasteiger partial charge is 0.410 e. The Hall–Kier alpha value is -3.50. The molecule has 1 aliphatic heterocycles. The normalized spacial score (nSPS) is 17.3. The fraction of sp³-hybridized carbons (Fsp3) is 0.444. The van der Waals surface area contributed by atoms with Crippen LogP contribution in [0.4, 0.5) is 4.79 Å². The van der Waals surface area contributed by atoms with Crippen LogP contribution in [-0.2, 0) is 26.6 Å². The third kappa shape index (κ3) is 9.16. The van der Waals surface area contributed by atoms with Gasteiger partial charge in [-0.3, -0.25) is 0 Å². The SMILES string of the molecule is CC(C)(C)OC(=O)N1CC(O[Si](C)(C)C(C)(C)C)CC1Cc1ccc(-c2ccc(CO[Si](c3ccccc3)(c3ccccc3)C(C)(C)C)cc2)cc1. The molecule has 0 saturated carbocycles. The predicted octanol–water partition coefficient (Wildman–Crippen LogP) is 10.4. The van der Waals surface area contributed by atoms with Gasteiger partial charge in [0, 0.05) is 12.6 Å². The van der Waals surface area contributed by atoms with Crippen LogP contribution in [0.2, 0.25) is 23.2 Å². The van der Waals surface area contributed by atoms with Crippen LogP contribution in [0.5, 0.6) is 0 Å². The molecular weight excluding hydrogens is 675 g/mol. The van der Waals surface area contributed by atoms with Gasteiger partial charge in [-0.15, -0.1) is 0 Å². The number of carbonyl (C=O) groups excluding carboxylic acids is 1. The molecule has 4 aromatic rings. The molecule has 7 heteroatoms. The minimum Gasteiger partial charge on any atom is -0.444 e. The molecule has 0 aliphatic carbocycles. The van der Waals surface area contributed by atoms with Crippen LogP contribution in [0, 0.1) is 0 Å². The highest BCUT2D eigenvalue weighted by atomic mass is 28.4. The standard InChI is InChI=1S/C45H61NO4Si2/c1-43(2,3)49-42(47)46-32-39(50-51(10,11)44(4,5)6)31-38(46)30-34-22-26-36(27-23-34)37-28-24-35(25-29-37)33-48-52(45(7,8)9,40-18-14-12-15-19-40)41-20-16-13-17-21-41/h12-29,38-39H,30-33H2,1-11H3. The van der Waals surface area contributed by atoms with Crippen LogP contribution in [-0.4, -0.2) is 51.9 Å². The van der Waals surface area contributed by atoms with E-state index in [1.165, 1.54) is 21.5 Å². The van der Waals surface area contributed by atoms with Crippen LogP contribution < -0.4 is 10.4 Å². The van der Waals surface area contributed by atoms with E-state index < -0.39 is 22.2 Å². The zero-order chi connectivity index (χ0) is 38.0. The fourth-order valence-corrected chi connectivity index (χ4v) is 13.0. The lowest BCUT2D eigenvalue weighted by Crippen LogP contribution is -2.66. The van der Waals surface area contributed by atoms with Crippen molar-refractivity contribution in [1.82, 2.24) is 4.90 Å². The summed E-state index contributed by atoms with van der Waals surface area (Å²) in [7, 11) is -4.61. The Labute approximate surface area is 316 Å². The molecule has 2 unspecified atom stereocenters. The zero-order valence-electron chi connectivity index (χ0n) is 33.5. The minimum atomic E-state index is -2.62. The molecule has 0 radical (unpaired) electrons. The molecule has 0 spiro atoms. The van der Waals surface area contributed by atoms with Crippen LogP contribution in [0.1, 0.15) is 79.9 Å². The number of benzene rings is 4. The van der Waals surface area contributed by atoms with Crippen molar-refractivity contribution in [2.45, 2.75) is 123 Å². The molecule has 1 fully saturated rings. The van der Waals surface area contributed by atoms with E-state index in [9.17, 15) is 4.79 Å². The van der Waals surface area contributed by atoms with E-state index in [0.29, 0.717) is 13.2 Å². The van der Waals surface area contributed by atoms with Crippen molar-refractivity contribution < 1.29 is 18.4 Å². The number of hydrogen-bond donors (Lipinski definition) is 0. The third-order valence-corrected chi connectivity index (χ3v) is 20.4. The van der Waals surface area contributed by atoms with Crippen molar-refractivity contribution in [3.8, 4) is 11.1 Å². The Morgan fingerprint density at radius 2 is 1.15 bits per heavy atom. The van der Waals surface area contributed by atoms with Gasteiger partial charge in [-0.25, -0.2) is 4.79 Å². The highest BCUT2D eigenvalue weighted by Crippen LogP contribution is 2.40. The van der Waals surface area contributed by atoms with Crippen LogP contribution in [0.3, 0.4) is 0 Å². The highest BCUT2D eigenvalue weighted by molar-refractivity contribution is 6.99. The third-order valence-electron chi connectivity index (χ3n) is 10.9. The quantitative estimate of drug-likeness (QED) is 0.152. The molecule has 5 nitrogen and oxygen atoms in total. The number of rotatable bonds is 10. The number of likely N-dealkylation sites (tertiary alicyclic amines) is 1. The van der Waals surface area contributed by atoms with E-state index in [2.05, 4.69) is 164 Å². The van der Waals surface area contributed by atoms with E-state index in [4.69, 9.17) is 13.6 Å². The first-order chi connectivity index (χ1) is 24.3. The Morgan fingerprint density at radius 3 is 1.60 bits per heavy atom. The Balaban J connectivity index is 1.30. The van der Waals surface area contributed by atoms with Crippen molar-refractivity contribution >= 4 is 33.1 Å². The van der Waals surface area contributed by atoms with Crippen LogP contribution >= 0.6 is 0 Å². The molecule has 1 amide bonds. The van der Waals surface area contributed by atoms with E-state index in [0.717, 1.165) is 24.0 Å². The van der Waals surface area contributed by atoms with Crippen molar-refractivity contribution in [2.75, 3.05) is 6.54 Å². The maximum Gasteiger partial charge on any atom is 0.410 e. The first-order valence-electron chi connectivity index (χ1n) is 18.9. The fourth-order valence-electron chi connectivity index (χ4n) is 7.14. The summed E-state index contributed by atoms with van der Waals surface area (Å²) in [5.41, 5.74) is 4.14. The van der Waals surface area contributed by atoms with Gasteiger partial charge in [0.1, 0.15) is 5.60 Å². The van der Waals surface area contributed by atoms with Gasteiger partial charge in [0.05, 0.1) is 12.7 Å². The lowest BCUT2D eigenvalue weighted by molar-refractivity contribution is 0.0210. The predicted molar refractivity (Wildman–Crippen MR) is 221 cm³/mol. The summed E-state index contributed by atoms with van der Waals surface area (Å²) in [5.74, 6) is 0. The maximum atomic E-state index is 13.4. The summed E-state index contributed by atoms with van der Waals surface area (Å²) in [6.45, 7) is 25.2. The molecule has 0 N–H and O–H groups in total. The Morgan fingerprint density at radius 1 is 0.673 bits per heavy atom. The first-order valence-corrected chi connectivity index (χ1v) is 23.7. The van der Waals surface area contributed by atoms with Gasteiger partial charge < -0.3 is 18.5 Å². The molecule has 4 aromatic carbocycles. The highest BCUT2D eigenvalue weighted by Gasteiger charge is 2.50. The van der Waals surface area contributed by atoms with Crippen molar-refractivity contribution in [2.24, 2.45) is 0 Å². The van der Waals surface area contributed by atoms with Gasteiger partial charge in [0.2, 0.25) is 0 Å². The van der Waals surface area contributed by atoms with E-state index in [-0.39, 0.29) is 28.3 Å².